The van der Waals surface area contributed by atoms with Crippen molar-refractivity contribution in [3.8, 4) is 11.5 Å². The number of rotatable bonds is 6. The van der Waals surface area contributed by atoms with E-state index in [-0.39, 0.29) is 29.8 Å². The third-order valence-corrected chi connectivity index (χ3v) is 7.98. The van der Waals surface area contributed by atoms with Crippen LogP contribution in [0.2, 0.25) is 0 Å². The van der Waals surface area contributed by atoms with E-state index in [4.69, 9.17) is 9.47 Å². The second-order valence-corrected chi connectivity index (χ2v) is 10.1. The fourth-order valence-corrected chi connectivity index (χ4v) is 5.97. The van der Waals surface area contributed by atoms with Crippen molar-refractivity contribution in [2.45, 2.75) is 50.3 Å². The lowest BCUT2D eigenvalue weighted by molar-refractivity contribution is -0.124. The fourth-order valence-electron chi connectivity index (χ4n) is 4.09. The summed E-state index contributed by atoms with van der Waals surface area (Å²) in [5.41, 5.74) is 1.79. The molecule has 0 saturated carbocycles. The number of carbonyl (C=O) groups is 2. The minimum Gasteiger partial charge on any atom is -0.497 e. The summed E-state index contributed by atoms with van der Waals surface area (Å²) in [6.45, 7) is 3.80. The van der Waals surface area contributed by atoms with Gasteiger partial charge in [-0.2, -0.15) is 4.31 Å². The van der Waals surface area contributed by atoms with E-state index in [1.54, 1.807) is 39.2 Å². The highest BCUT2D eigenvalue weighted by atomic mass is 32.2. The number of nitrogens with zero attached hydrogens (tertiary/aromatic N) is 1. The SMILES string of the molecule is COc1ccc(CNC(=O)C2CCCN2S(=O)(=O)c2cc3c(cc2C)NC(=O)C(C)O3)cc1. The predicted molar refractivity (Wildman–Crippen MR) is 122 cm³/mol. The minimum absolute atomic E-state index is 0.0689. The molecule has 2 aromatic rings. The zero-order chi connectivity index (χ0) is 23.8. The lowest BCUT2D eigenvalue weighted by atomic mass is 10.1. The molecule has 0 spiro atoms. The van der Waals surface area contributed by atoms with Crippen LogP contribution in [0.4, 0.5) is 5.69 Å². The van der Waals surface area contributed by atoms with Crippen molar-refractivity contribution in [3.05, 3.63) is 47.5 Å². The van der Waals surface area contributed by atoms with E-state index < -0.39 is 22.2 Å². The molecule has 9 nitrogen and oxygen atoms in total. The maximum Gasteiger partial charge on any atom is 0.265 e. The summed E-state index contributed by atoms with van der Waals surface area (Å²) in [5, 5.41) is 5.57. The summed E-state index contributed by atoms with van der Waals surface area (Å²) in [7, 11) is -2.37. The normalized spacial score (nSPS) is 20.5. The van der Waals surface area contributed by atoms with Gasteiger partial charge in [0.2, 0.25) is 15.9 Å². The van der Waals surface area contributed by atoms with Gasteiger partial charge in [0.1, 0.15) is 17.5 Å². The Labute approximate surface area is 193 Å². The number of hydrogen-bond donors (Lipinski definition) is 2. The van der Waals surface area contributed by atoms with Crippen molar-refractivity contribution in [1.29, 1.82) is 0 Å². The average Bonchev–Trinajstić information content (AvgIpc) is 3.29. The molecule has 1 saturated heterocycles. The molecule has 2 unspecified atom stereocenters. The van der Waals surface area contributed by atoms with Gasteiger partial charge in [-0.3, -0.25) is 9.59 Å². The number of amides is 2. The predicted octanol–water partition coefficient (Wildman–Crippen LogP) is 2.19. The van der Waals surface area contributed by atoms with Crippen LogP contribution >= 0.6 is 0 Å². The number of fused-ring (bicyclic) bond motifs is 1. The zero-order valence-corrected chi connectivity index (χ0v) is 19.6. The Morgan fingerprint density at radius 3 is 2.70 bits per heavy atom. The number of nitrogens with one attached hydrogen (secondary N) is 2. The molecule has 0 aliphatic carbocycles. The molecule has 1 fully saturated rings. The van der Waals surface area contributed by atoms with Crippen LogP contribution in [0.25, 0.3) is 0 Å². The Hall–Kier alpha value is -3.11. The van der Waals surface area contributed by atoms with Gasteiger partial charge in [-0.05, 0) is 56.0 Å². The van der Waals surface area contributed by atoms with Crippen LogP contribution in [0.3, 0.4) is 0 Å². The third kappa shape index (κ3) is 4.53. The van der Waals surface area contributed by atoms with E-state index in [2.05, 4.69) is 10.6 Å². The van der Waals surface area contributed by atoms with Gasteiger partial charge < -0.3 is 20.1 Å². The molecule has 4 rings (SSSR count). The average molecular weight is 474 g/mol. The summed E-state index contributed by atoms with van der Waals surface area (Å²) >= 11 is 0. The number of ether oxygens (including phenoxy) is 2. The second kappa shape index (κ2) is 9.03. The maximum absolute atomic E-state index is 13.5. The van der Waals surface area contributed by atoms with E-state index in [1.165, 1.54) is 10.4 Å². The van der Waals surface area contributed by atoms with Crippen LogP contribution in [-0.2, 0) is 26.2 Å². The number of anilines is 1. The molecule has 0 aromatic heterocycles. The number of carbonyl (C=O) groups excluding carboxylic acids is 2. The van der Waals surface area contributed by atoms with Crippen LogP contribution in [0.5, 0.6) is 11.5 Å². The van der Waals surface area contributed by atoms with Gasteiger partial charge in [0.05, 0.1) is 17.7 Å². The minimum atomic E-state index is -3.96. The van der Waals surface area contributed by atoms with E-state index in [1.807, 2.05) is 12.1 Å². The largest absolute Gasteiger partial charge is 0.497 e. The fraction of sp³-hybridized carbons (Fsp3) is 0.391. The third-order valence-electron chi connectivity index (χ3n) is 5.93. The lowest BCUT2D eigenvalue weighted by Crippen LogP contribution is -2.45. The Morgan fingerprint density at radius 2 is 2.00 bits per heavy atom. The van der Waals surface area contributed by atoms with Gasteiger partial charge in [0.15, 0.2) is 6.10 Å². The number of methoxy groups -OCH3 is 1. The number of sulfonamides is 1. The summed E-state index contributed by atoms with van der Waals surface area (Å²) in [6, 6.07) is 9.53. The quantitative estimate of drug-likeness (QED) is 0.665. The molecule has 2 aromatic carbocycles. The van der Waals surface area contributed by atoms with E-state index >= 15 is 0 Å². The highest BCUT2D eigenvalue weighted by Gasteiger charge is 2.40. The van der Waals surface area contributed by atoms with E-state index in [0.29, 0.717) is 29.8 Å². The van der Waals surface area contributed by atoms with Crippen molar-refractivity contribution in [2.24, 2.45) is 0 Å². The monoisotopic (exact) mass is 473 g/mol. The molecule has 2 atom stereocenters. The molecule has 176 valence electrons. The van der Waals surface area contributed by atoms with Crippen molar-refractivity contribution in [1.82, 2.24) is 9.62 Å². The molecule has 0 bridgehead atoms. The number of aryl methyl sites for hydroxylation is 1. The number of benzene rings is 2. The first-order chi connectivity index (χ1) is 15.7. The van der Waals surface area contributed by atoms with Crippen LogP contribution in [-0.4, -0.2) is 50.3 Å². The van der Waals surface area contributed by atoms with Crippen LogP contribution in [0, 0.1) is 6.92 Å². The molecule has 2 heterocycles. The first-order valence-electron chi connectivity index (χ1n) is 10.8. The second-order valence-electron chi connectivity index (χ2n) is 8.20. The summed E-state index contributed by atoms with van der Waals surface area (Å²) in [4.78, 5) is 24.8. The van der Waals surface area contributed by atoms with Crippen LogP contribution < -0.4 is 20.1 Å². The Morgan fingerprint density at radius 1 is 1.27 bits per heavy atom. The van der Waals surface area contributed by atoms with Gasteiger partial charge in [-0.1, -0.05) is 12.1 Å². The maximum atomic E-state index is 13.5. The lowest BCUT2D eigenvalue weighted by Gasteiger charge is -2.27. The Balaban J connectivity index is 1.53. The molecule has 33 heavy (non-hydrogen) atoms. The van der Waals surface area contributed by atoms with Gasteiger partial charge in [0.25, 0.3) is 5.91 Å². The molecular formula is C23H27N3O6S. The molecule has 2 N–H and O–H groups in total. The van der Waals surface area contributed by atoms with Crippen molar-refractivity contribution < 1.29 is 27.5 Å². The van der Waals surface area contributed by atoms with E-state index in [9.17, 15) is 18.0 Å². The Kier molecular flexibility index (Phi) is 6.31. The van der Waals surface area contributed by atoms with Gasteiger partial charge >= 0.3 is 0 Å². The van der Waals surface area contributed by atoms with Crippen molar-refractivity contribution in [3.63, 3.8) is 0 Å². The molecule has 0 radical (unpaired) electrons. The Bertz CT molecular complexity index is 1180. The highest BCUT2D eigenvalue weighted by molar-refractivity contribution is 7.89. The van der Waals surface area contributed by atoms with Crippen molar-refractivity contribution in [2.75, 3.05) is 19.0 Å². The highest BCUT2D eigenvalue weighted by Crippen LogP contribution is 2.37. The molecule has 10 heteroatoms. The molecule has 2 amide bonds. The summed E-state index contributed by atoms with van der Waals surface area (Å²) in [5.74, 6) is 0.396. The summed E-state index contributed by atoms with van der Waals surface area (Å²) < 4.78 is 39.1. The topological polar surface area (TPSA) is 114 Å². The smallest absolute Gasteiger partial charge is 0.265 e. The molecule has 2 aliphatic rings. The summed E-state index contributed by atoms with van der Waals surface area (Å²) in [6.07, 6.45) is 0.313. The first kappa shape index (κ1) is 23.1. The standard InChI is InChI=1S/C23H27N3O6S/c1-14-11-18-20(32-15(2)22(27)25-18)12-21(14)33(29,30)26-10-4-5-19(26)23(28)24-13-16-6-8-17(31-3)9-7-16/h6-9,11-12,15,19H,4-5,10,13H2,1-3H3,(H,24,28)(H,25,27). The van der Waals surface area contributed by atoms with E-state index in [0.717, 1.165) is 11.3 Å². The zero-order valence-electron chi connectivity index (χ0n) is 18.8. The number of hydrogen-bond acceptors (Lipinski definition) is 6. The molecule has 2 aliphatic heterocycles. The van der Waals surface area contributed by atoms with Gasteiger partial charge in [0, 0.05) is 19.2 Å². The van der Waals surface area contributed by atoms with Crippen LogP contribution in [0.1, 0.15) is 30.9 Å². The first-order valence-corrected chi connectivity index (χ1v) is 12.2. The van der Waals surface area contributed by atoms with Crippen LogP contribution in [0.15, 0.2) is 41.3 Å². The van der Waals surface area contributed by atoms with Gasteiger partial charge in [-0.25, -0.2) is 8.42 Å². The van der Waals surface area contributed by atoms with Crippen molar-refractivity contribution >= 4 is 27.5 Å². The van der Waals surface area contributed by atoms with Gasteiger partial charge in [-0.15, -0.1) is 0 Å². The molecular weight excluding hydrogens is 446 g/mol.